The summed E-state index contributed by atoms with van der Waals surface area (Å²) in [6.45, 7) is 2.19. The fourth-order valence-corrected chi connectivity index (χ4v) is 0.859. The average Bonchev–Trinajstić information content (AvgIpc) is 2.05. The van der Waals surface area contributed by atoms with Crippen LogP contribution in [0.25, 0.3) is 0 Å². The second kappa shape index (κ2) is 3.26. The van der Waals surface area contributed by atoms with E-state index in [0.29, 0.717) is 12.7 Å². The summed E-state index contributed by atoms with van der Waals surface area (Å²) in [5, 5.41) is 3.35. The Kier molecular flexibility index (Phi) is 2.33. The Bertz CT molecular complexity index is 130. The van der Waals surface area contributed by atoms with Crippen molar-refractivity contribution >= 4 is 5.96 Å². The van der Waals surface area contributed by atoms with E-state index in [-0.39, 0.29) is 0 Å². The zero-order valence-corrected chi connectivity index (χ0v) is 5.79. The first-order valence-corrected chi connectivity index (χ1v) is 3.20. The summed E-state index contributed by atoms with van der Waals surface area (Å²) in [7, 11) is 0. The first kappa shape index (κ1) is 7.14. The molecule has 4 N–H and O–H groups in total. The predicted molar refractivity (Wildman–Crippen MR) is 38.0 cm³/mol. The fourth-order valence-electron chi connectivity index (χ4n) is 0.859. The maximum absolute atomic E-state index is 5.42. The van der Waals surface area contributed by atoms with Crippen molar-refractivity contribution in [2.24, 2.45) is 16.7 Å². The first-order valence-electron chi connectivity index (χ1n) is 3.20. The number of hydrogen-bond acceptors (Lipinski definition) is 3. The largest absolute Gasteiger partial charge is 0.368 e. The number of ether oxygens (including phenoxy) is 1. The summed E-state index contributed by atoms with van der Waals surface area (Å²) in [6.07, 6.45) is 0.982. The van der Waals surface area contributed by atoms with Gasteiger partial charge in [0.1, 0.15) is 6.73 Å². The third-order valence-electron chi connectivity index (χ3n) is 1.42. The minimum atomic E-state index is 0.347. The highest BCUT2D eigenvalue weighted by atomic mass is 16.5. The molecular weight excluding hydrogens is 132 g/mol. The van der Waals surface area contributed by atoms with Crippen LogP contribution in [0.4, 0.5) is 0 Å². The van der Waals surface area contributed by atoms with Crippen LogP contribution in [0.15, 0.2) is 5.10 Å². The number of hydrogen-bond donors (Lipinski definition) is 2. The number of nitrogens with two attached hydrogens (primary N) is 2. The van der Waals surface area contributed by atoms with E-state index in [2.05, 4.69) is 5.10 Å². The van der Waals surface area contributed by atoms with Gasteiger partial charge in [0.25, 0.3) is 0 Å². The average molecular weight is 144 g/mol. The van der Waals surface area contributed by atoms with E-state index in [1.54, 1.807) is 4.90 Å². The van der Waals surface area contributed by atoms with Crippen molar-refractivity contribution in [1.82, 2.24) is 4.90 Å². The van der Waals surface area contributed by atoms with Gasteiger partial charge in [0.2, 0.25) is 5.96 Å². The molecule has 0 aromatic carbocycles. The van der Waals surface area contributed by atoms with Gasteiger partial charge in [0.05, 0.1) is 6.61 Å². The highest BCUT2D eigenvalue weighted by molar-refractivity contribution is 5.77. The minimum Gasteiger partial charge on any atom is -0.368 e. The van der Waals surface area contributed by atoms with Gasteiger partial charge in [-0.1, -0.05) is 0 Å². The van der Waals surface area contributed by atoms with Crippen LogP contribution in [0.3, 0.4) is 0 Å². The molecule has 1 saturated heterocycles. The van der Waals surface area contributed by atoms with Gasteiger partial charge in [-0.05, 0) is 6.42 Å². The molecule has 0 bridgehead atoms. The van der Waals surface area contributed by atoms with Crippen molar-refractivity contribution in [3.63, 3.8) is 0 Å². The fraction of sp³-hybridized carbons (Fsp3) is 0.800. The molecule has 0 atom stereocenters. The van der Waals surface area contributed by atoms with E-state index >= 15 is 0 Å². The molecule has 0 aromatic heterocycles. The Morgan fingerprint density at radius 1 is 1.60 bits per heavy atom. The van der Waals surface area contributed by atoms with Crippen LogP contribution in [0.2, 0.25) is 0 Å². The lowest BCUT2D eigenvalue weighted by Crippen LogP contribution is -2.43. The van der Waals surface area contributed by atoms with Gasteiger partial charge in [-0.3, -0.25) is 0 Å². The Labute approximate surface area is 59.6 Å². The number of hydrazone groups is 1. The van der Waals surface area contributed by atoms with E-state index in [0.717, 1.165) is 19.6 Å². The quantitative estimate of drug-likeness (QED) is 0.195. The Morgan fingerprint density at radius 3 is 2.90 bits per heavy atom. The second-order valence-corrected chi connectivity index (χ2v) is 2.14. The van der Waals surface area contributed by atoms with Crippen LogP contribution in [0.5, 0.6) is 0 Å². The molecule has 1 aliphatic rings. The molecule has 58 valence electrons. The van der Waals surface area contributed by atoms with Crippen LogP contribution in [-0.2, 0) is 4.74 Å². The molecular formula is C5H12N4O. The van der Waals surface area contributed by atoms with Gasteiger partial charge in [0.15, 0.2) is 0 Å². The van der Waals surface area contributed by atoms with E-state index < -0.39 is 0 Å². The minimum absolute atomic E-state index is 0.347. The molecule has 0 aliphatic carbocycles. The second-order valence-electron chi connectivity index (χ2n) is 2.14. The molecule has 10 heavy (non-hydrogen) atoms. The lowest BCUT2D eigenvalue weighted by molar-refractivity contribution is 0.0233. The Balaban J connectivity index is 2.39. The summed E-state index contributed by atoms with van der Waals surface area (Å²) in [5.74, 6) is 5.32. The van der Waals surface area contributed by atoms with E-state index in [4.69, 9.17) is 16.3 Å². The monoisotopic (exact) mass is 144 g/mol. The lowest BCUT2D eigenvalue weighted by atomic mass is 10.4. The smallest absolute Gasteiger partial charge is 0.215 e. The molecule has 0 aromatic rings. The lowest BCUT2D eigenvalue weighted by Gasteiger charge is -2.26. The van der Waals surface area contributed by atoms with E-state index in [1.165, 1.54) is 0 Å². The SMILES string of the molecule is NN=C(N)N1CCCOC1. The summed E-state index contributed by atoms with van der Waals surface area (Å²) in [5.41, 5.74) is 5.42. The molecule has 1 aliphatic heterocycles. The van der Waals surface area contributed by atoms with Crippen molar-refractivity contribution in [3.05, 3.63) is 0 Å². The first-order chi connectivity index (χ1) is 4.84. The summed E-state index contributed by atoms with van der Waals surface area (Å²) >= 11 is 0. The number of nitrogens with zero attached hydrogens (tertiary/aromatic N) is 2. The van der Waals surface area contributed by atoms with Crippen LogP contribution >= 0.6 is 0 Å². The topological polar surface area (TPSA) is 76.9 Å². The summed E-state index contributed by atoms with van der Waals surface area (Å²) in [4.78, 5) is 1.80. The third-order valence-corrected chi connectivity index (χ3v) is 1.42. The maximum Gasteiger partial charge on any atom is 0.215 e. The Hall–Kier alpha value is -0.970. The highest BCUT2D eigenvalue weighted by Crippen LogP contribution is 1.98. The normalized spacial score (nSPS) is 21.2. The van der Waals surface area contributed by atoms with Gasteiger partial charge in [-0.15, -0.1) is 5.10 Å². The van der Waals surface area contributed by atoms with Gasteiger partial charge >= 0.3 is 0 Å². The van der Waals surface area contributed by atoms with Crippen LogP contribution in [0, 0.1) is 0 Å². The highest BCUT2D eigenvalue weighted by Gasteiger charge is 2.11. The van der Waals surface area contributed by atoms with Crippen molar-refractivity contribution in [2.45, 2.75) is 6.42 Å². The molecule has 0 radical (unpaired) electrons. The van der Waals surface area contributed by atoms with Gasteiger partial charge in [-0.25, -0.2) is 0 Å². The number of guanidine groups is 1. The van der Waals surface area contributed by atoms with Gasteiger partial charge in [-0.2, -0.15) is 0 Å². The van der Waals surface area contributed by atoms with E-state index in [1.807, 2.05) is 0 Å². The van der Waals surface area contributed by atoms with E-state index in [9.17, 15) is 0 Å². The molecule has 5 heteroatoms. The van der Waals surface area contributed by atoms with Crippen molar-refractivity contribution in [2.75, 3.05) is 19.9 Å². The zero-order valence-electron chi connectivity index (χ0n) is 5.79. The molecule has 0 amide bonds. The molecule has 0 unspecified atom stereocenters. The van der Waals surface area contributed by atoms with Crippen LogP contribution in [-0.4, -0.2) is 30.7 Å². The molecule has 1 fully saturated rings. The molecule has 0 spiro atoms. The van der Waals surface area contributed by atoms with Crippen molar-refractivity contribution < 1.29 is 4.74 Å². The zero-order chi connectivity index (χ0) is 7.40. The van der Waals surface area contributed by atoms with Crippen LogP contribution < -0.4 is 11.6 Å². The van der Waals surface area contributed by atoms with Gasteiger partial charge < -0.3 is 21.2 Å². The molecule has 1 rings (SSSR count). The predicted octanol–water partition coefficient (Wildman–Crippen LogP) is -1.15. The van der Waals surface area contributed by atoms with Crippen molar-refractivity contribution in [1.29, 1.82) is 0 Å². The number of rotatable bonds is 0. The molecule has 1 heterocycles. The van der Waals surface area contributed by atoms with Gasteiger partial charge in [0, 0.05) is 6.54 Å². The third kappa shape index (κ3) is 1.51. The van der Waals surface area contributed by atoms with Crippen LogP contribution in [0.1, 0.15) is 6.42 Å². The maximum atomic E-state index is 5.42. The standard InChI is InChI=1S/C5H12N4O/c6-5(8-7)9-2-1-3-10-4-9/h1-4,7H2,(H2,6,8). The summed E-state index contributed by atoms with van der Waals surface area (Å²) < 4.78 is 5.11. The summed E-state index contributed by atoms with van der Waals surface area (Å²) in [6, 6.07) is 0. The van der Waals surface area contributed by atoms with Crippen molar-refractivity contribution in [3.8, 4) is 0 Å². The molecule has 0 saturated carbocycles. The Morgan fingerprint density at radius 2 is 2.40 bits per heavy atom. The molecule has 5 nitrogen and oxygen atoms in total.